The summed E-state index contributed by atoms with van der Waals surface area (Å²) in [6.45, 7) is 3.92. The van der Waals surface area contributed by atoms with Crippen LogP contribution in [0.25, 0.3) is 0 Å². The minimum absolute atomic E-state index is 0.171. The third-order valence-corrected chi connectivity index (χ3v) is 6.97. The molecule has 0 spiro atoms. The molecule has 1 unspecified atom stereocenters. The highest BCUT2D eigenvalue weighted by atomic mass is 32.2. The highest BCUT2D eigenvalue weighted by molar-refractivity contribution is 8.00. The largest absolute Gasteiger partial charge is 0.337 e. The average molecular weight is 365 g/mol. The van der Waals surface area contributed by atoms with E-state index < -0.39 is 0 Å². The van der Waals surface area contributed by atoms with E-state index in [1.165, 1.54) is 0 Å². The van der Waals surface area contributed by atoms with Crippen molar-refractivity contribution >= 4 is 40.8 Å². The lowest BCUT2D eigenvalue weighted by Gasteiger charge is -2.32. The summed E-state index contributed by atoms with van der Waals surface area (Å²) in [6, 6.07) is 7.95. The maximum absolute atomic E-state index is 12.9. The van der Waals surface area contributed by atoms with Crippen LogP contribution < -0.4 is 0 Å². The van der Waals surface area contributed by atoms with Crippen LogP contribution in [0.5, 0.6) is 0 Å². The maximum Gasteiger partial charge on any atom is 0.255 e. The van der Waals surface area contributed by atoms with E-state index in [1.54, 1.807) is 23.1 Å². The molecule has 1 aromatic carbocycles. The lowest BCUT2D eigenvalue weighted by Crippen LogP contribution is -2.41. The zero-order valence-corrected chi connectivity index (χ0v) is 15.6. The molecule has 3 rings (SSSR count). The molecule has 0 bridgehead atoms. The number of carbonyl (C=O) groups excluding carboxylic acids is 1. The van der Waals surface area contributed by atoms with E-state index in [0.717, 1.165) is 47.2 Å². The monoisotopic (exact) mass is 364 g/mol. The van der Waals surface area contributed by atoms with Gasteiger partial charge in [0.05, 0.1) is 16.8 Å². The summed E-state index contributed by atoms with van der Waals surface area (Å²) in [6.07, 6.45) is 1.12. The van der Waals surface area contributed by atoms with Gasteiger partial charge < -0.3 is 4.90 Å². The van der Waals surface area contributed by atoms with E-state index in [0.29, 0.717) is 5.25 Å². The topological polar surface area (TPSA) is 33.2 Å². The second-order valence-corrected chi connectivity index (χ2v) is 8.56. The van der Waals surface area contributed by atoms with Gasteiger partial charge in [0.15, 0.2) is 0 Å². The van der Waals surface area contributed by atoms with E-state index in [9.17, 15) is 4.79 Å². The first kappa shape index (κ1) is 16.9. The normalized spacial score (nSPS) is 18.1. The molecule has 1 amide bonds. The summed E-state index contributed by atoms with van der Waals surface area (Å²) in [7, 11) is 0. The van der Waals surface area contributed by atoms with E-state index in [2.05, 4.69) is 17.3 Å². The van der Waals surface area contributed by atoms with Crippen LogP contribution in [0.15, 0.2) is 40.1 Å². The summed E-state index contributed by atoms with van der Waals surface area (Å²) in [5.41, 5.74) is 3.75. The van der Waals surface area contributed by atoms with Crippen molar-refractivity contribution in [2.75, 3.05) is 18.8 Å². The number of thiazole rings is 1. The van der Waals surface area contributed by atoms with E-state index in [1.807, 2.05) is 46.4 Å². The van der Waals surface area contributed by atoms with Gasteiger partial charge in [0.1, 0.15) is 0 Å². The number of amides is 1. The van der Waals surface area contributed by atoms with Crippen molar-refractivity contribution in [3.63, 3.8) is 0 Å². The van der Waals surface area contributed by atoms with Crippen LogP contribution >= 0.6 is 34.9 Å². The Morgan fingerprint density at radius 2 is 2.30 bits per heavy atom. The number of hydrogen-bond donors (Lipinski definition) is 0. The fourth-order valence-corrected chi connectivity index (χ4v) is 5.34. The van der Waals surface area contributed by atoms with Gasteiger partial charge in [-0.1, -0.05) is 19.1 Å². The number of aromatic nitrogens is 1. The molecule has 1 aromatic heterocycles. The standard InChI is InChI=1S/C17H20N2OS3/c1-2-14-9-19(7-8-22-14)17(20)15-5-3-4-6-16(15)23-11-13-10-21-12-18-13/h3-6,10,12,14H,2,7-9,11H2,1H3. The second-order valence-electron chi connectivity index (χ2n) is 5.42. The van der Waals surface area contributed by atoms with Crippen molar-refractivity contribution in [1.29, 1.82) is 0 Å². The Bertz CT molecular complexity index is 645. The number of carbonyl (C=O) groups is 1. The number of benzene rings is 1. The van der Waals surface area contributed by atoms with Crippen LogP contribution in [-0.2, 0) is 5.75 Å². The Morgan fingerprint density at radius 1 is 1.43 bits per heavy atom. The molecule has 6 heteroatoms. The van der Waals surface area contributed by atoms with Crippen LogP contribution in [0.2, 0.25) is 0 Å². The van der Waals surface area contributed by atoms with Gasteiger partial charge in [0.2, 0.25) is 0 Å². The summed E-state index contributed by atoms with van der Waals surface area (Å²) in [4.78, 5) is 20.3. The van der Waals surface area contributed by atoms with Gasteiger partial charge >= 0.3 is 0 Å². The molecule has 0 saturated carbocycles. The van der Waals surface area contributed by atoms with Crippen LogP contribution in [0.4, 0.5) is 0 Å². The van der Waals surface area contributed by atoms with Crippen LogP contribution in [-0.4, -0.2) is 39.9 Å². The van der Waals surface area contributed by atoms with Crippen LogP contribution in [0, 0.1) is 0 Å². The number of rotatable bonds is 5. The predicted molar refractivity (Wildman–Crippen MR) is 101 cm³/mol. The molecule has 2 heterocycles. The van der Waals surface area contributed by atoms with Crippen molar-refractivity contribution in [3.05, 3.63) is 46.4 Å². The Hall–Kier alpha value is -0.980. The molecule has 0 aliphatic carbocycles. The smallest absolute Gasteiger partial charge is 0.255 e. The first-order chi connectivity index (χ1) is 11.3. The van der Waals surface area contributed by atoms with E-state index in [4.69, 9.17) is 0 Å². The average Bonchev–Trinajstić information content (AvgIpc) is 3.13. The Labute approximate surface area is 149 Å². The van der Waals surface area contributed by atoms with Gasteiger partial charge in [0.25, 0.3) is 5.91 Å². The van der Waals surface area contributed by atoms with E-state index >= 15 is 0 Å². The highest BCUT2D eigenvalue weighted by Crippen LogP contribution is 2.29. The number of nitrogens with zero attached hydrogens (tertiary/aromatic N) is 2. The van der Waals surface area contributed by atoms with Gasteiger partial charge in [-0.2, -0.15) is 11.8 Å². The molecular formula is C17H20N2OS3. The molecule has 0 radical (unpaired) electrons. The molecule has 23 heavy (non-hydrogen) atoms. The maximum atomic E-state index is 12.9. The molecule has 0 N–H and O–H groups in total. The molecule has 1 atom stereocenters. The van der Waals surface area contributed by atoms with Crippen molar-refractivity contribution in [2.24, 2.45) is 0 Å². The number of thioether (sulfide) groups is 2. The molecule has 122 valence electrons. The molecule has 2 aromatic rings. The molecular weight excluding hydrogens is 344 g/mol. The SMILES string of the molecule is CCC1CN(C(=O)c2ccccc2SCc2cscn2)CCS1. The summed E-state index contributed by atoms with van der Waals surface area (Å²) in [5.74, 6) is 2.02. The minimum atomic E-state index is 0.171. The van der Waals surface area contributed by atoms with Crippen molar-refractivity contribution in [1.82, 2.24) is 9.88 Å². The summed E-state index contributed by atoms with van der Waals surface area (Å²) < 4.78 is 0. The minimum Gasteiger partial charge on any atom is -0.337 e. The highest BCUT2D eigenvalue weighted by Gasteiger charge is 2.25. The summed E-state index contributed by atoms with van der Waals surface area (Å²) >= 11 is 5.29. The van der Waals surface area contributed by atoms with Crippen molar-refractivity contribution in [2.45, 2.75) is 29.2 Å². The predicted octanol–water partition coefficient (Wildman–Crippen LogP) is 4.40. The molecule has 3 nitrogen and oxygen atoms in total. The molecule has 1 aliphatic heterocycles. The Balaban J connectivity index is 1.72. The fraction of sp³-hybridized carbons (Fsp3) is 0.412. The van der Waals surface area contributed by atoms with Gasteiger partial charge in [-0.05, 0) is 18.6 Å². The lowest BCUT2D eigenvalue weighted by atomic mass is 10.2. The summed E-state index contributed by atoms with van der Waals surface area (Å²) in [5, 5.41) is 2.63. The third kappa shape index (κ3) is 4.31. The van der Waals surface area contributed by atoms with E-state index in [-0.39, 0.29) is 5.91 Å². The van der Waals surface area contributed by atoms with Crippen molar-refractivity contribution < 1.29 is 4.79 Å². The molecule has 1 aliphatic rings. The lowest BCUT2D eigenvalue weighted by molar-refractivity contribution is 0.0757. The Kier molecular flexibility index (Phi) is 6.02. The van der Waals surface area contributed by atoms with Crippen molar-refractivity contribution in [3.8, 4) is 0 Å². The quantitative estimate of drug-likeness (QED) is 0.736. The Morgan fingerprint density at radius 3 is 3.09 bits per heavy atom. The second kappa shape index (κ2) is 8.22. The van der Waals surface area contributed by atoms with Crippen LogP contribution in [0.1, 0.15) is 29.4 Å². The first-order valence-corrected chi connectivity index (χ1v) is 10.8. The first-order valence-electron chi connectivity index (χ1n) is 7.77. The third-order valence-electron chi connectivity index (χ3n) is 3.86. The fourth-order valence-electron chi connectivity index (χ4n) is 2.55. The zero-order valence-electron chi connectivity index (χ0n) is 13.1. The van der Waals surface area contributed by atoms with Gasteiger partial charge in [-0.15, -0.1) is 23.1 Å². The van der Waals surface area contributed by atoms with Gasteiger partial charge in [0, 0.05) is 40.1 Å². The number of hydrogen-bond acceptors (Lipinski definition) is 5. The van der Waals surface area contributed by atoms with Gasteiger partial charge in [-0.3, -0.25) is 4.79 Å². The zero-order chi connectivity index (χ0) is 16.1. The van der Waals surface area contributed by atoms with Gasteiger partial charge in [-0.25, -0.2) is 4.98 Å². The van der Waals surface area contributed by atoms with Crippen LogP contribution in [0.3, 0.4) is 0 Å². The molecule has 1 fully saturated rings. The molecule has 1 saturated heterocycles.